The number of nitrogens with zero attached hydrogens (tertiary/aromatic N) is 3. The summed E-state index contributed by atoms with van der Waals surface area (Å²) in [5, 5.41) is 2.87. The Morgan fingerprint density at radius 1 is 1.08 bits per heavy atom. The minimum absolute atomic E-state index is 0.164. The summed E-state index contributed by atoms with van der Waals surface area (Å²) in [6, 6.07) is 13.8. The average Bonchev–Trinajstić information content (AvgIpc) is 3.38. The van der Waals surface area contributed by atoms with Crippen molar-refractivity contribution < 1.29 is 4.79 Å². The first-order chi connectivity index (χ1) is 11.7. The van der Waals surface area contributed by atoms with Crippen molar-refractivity contribution in [3.63, 3.8) is 0 Å². The largest absolute Gasteiger partial charge is 0.340 e. The number of rotatable bonds is 4. The second kappa shape index (κ2) is 5.92. The van der Waals surface area contributed by atoms with Gasteiger partial charge in [-0.05, 0) is 30.5 Å². The number of nitrogens with one attached hydrogen (secondary N) is 1. The second-order valence-electron chi connectivity index (χ2n) is 6.09. The van der Waals surface area contributed by atoms with E-state index in [1.54, 1.807) is 12.4 Å². The Labute approximate surface area is 140 Å². The molecule has 0 radical (unpaired) electrons. The Morgan fingerprint density at radius 3 is 2.46 bits per heavy atom. The lowest BCUT2D eigenvalue weighted by Crippen LogP contribution is -2.16. The van der Waals surface area contributed by atoms with Gasteiger partial charge in [-0.25, -0.2) is 9.97 Å². The lowest BCUT2D eigenvalue weighted by molar-refractivity contribution is 0.101. The summed E-state index contributed by atoms with van der Waals surface area (Å²) in [5.74, 6) is 1.22. The SMILES string of the molecule is Cn1c(C(=O)Nc2cnc(C3CC3)nc2)ccc1-c1ccccc1. The highest BCUT2D eigenvalue weighted by Crippen LogP contribution is 2.37. The van der Waals surface area contributed by atoms with E-state index in [1.165, 1.54) is 0 Å². The summed E-state index contributed by atoms with van der Waals surface area (Å²) >= 11 is 0. The Bertz CT molecular complexity index is 864. The number of anilines is 1. The number of carbonyl (C=O) groups is 1. The van der Waals surface area contributed by atoms with Crippen molar-refractivity contribution in [3.8, 4) is 11.3 Å². The molecule has 1 N–H and O–H groups in total. The van der Waals surface area contributed by atoms with Crippen molar-refractivity contribution in [2.45, 2.75) is 18.8 Å². The molecule has 1 aliphatic carbocycles. The van der Waals surface area contributed by atoms with Crippen LogP contribution in [0.15, 0.2) is 54.9 Å². The first kappa shape index (κ1) is 14.6. The topological polar surface area (TPSA) is 59.8 Å². The molecule has 0 aliphatic heterocycles. The van der Waals surface area contributed by atoms with E-state index in [0.717, 1.165) is 29.9 Å². The predicted molar refractivity (Wildman–Crippen MR) is 92.8 cm³/mol. The lowest BCUT2D eigenvalue weighted by atomic mass is 10.2. The number of benzene rings is 1. The van der Waals surface area contributed by atoms with Crippen molar-refractivity contribution in [2.24, 2.45) is 7.05 Å². The summed E-state index contributed by atoms with van der Waals surface area (Å²) in [6.07, 6.45) is 5.69. The van der Waals surface area contributed by atoms with Crippen LogP contribution in [0, 0.1) is 0 Å². The molecule has 0 bridgehead atoms. The van der Waals surface area contributed by atoms with Gasteiger partial charge in [-0.15, -0.1) is 0 Å². The highest BCUT2D eigenvalue weighted by molar-refractivity contribution is 6.03. The fraction of sp³-hybridized carbons (Fsp3) is 0.211. The van der Waals surface area contributed by atoms with Gasteiger partial charge >= 0.3 is 0 Å². The number of hydrogen-bond acceptors (Lipinski definition) is 3. The predicted octanol–water partition coefficient (Wildman–Crippen LogP) is 3.61. The van der Waals surface area contributed by atoms with E-state index >= 15 is 0 Å². The van der Waals surface area contributed by atoms with E-state index in [9.17, 15) is 4.79 Å². The maximum Gasteiger partial charge on any atom is 0.272 e. The maximum atomic E-state index is 12.5. The van der Waals surface area contributed by atoms with Gasteiger partial charge in [-0.3, -0.25) is 4.79 Å². The third-order valence-corrected chi connectivity index (χ3v) is 4.30. The van der Waals surface area contributed by atoms with E-state index in [0.29, 0.717) is 17.3 Å². The molecule has 24 heavy (non-hydrogen) atoms. The molecule has 0 unspecified atom stereocenters. The van der Waals surface area contributed by atoms with Gasteiger partial charge in [-0.2, -0.15) is 0 Å². The normalized spacial score (nSPS) is 13.7. The van der Waals surface area contributed by atoms with Gasteiger partial charge in [0.1, 0.15) is 11.5 Å². The fourth-order valence-corrected chi connectivity index (χ4v) is 2.79. The summed E-state index contributed by atoms with van der Waals surface area (Å²) in [7, 11) is 1.89. The first-order valence-corrected chi connectivity index (χ1v) is 8.07. The van der Waals surface area contributed by atoms with Gasteiger partial charge in [0, 0.05) is 18.7 Å². The number of carbonyl (C=O) groups excluding carboxylic acids is 1. The fourth-order valence-electron chi connectivity index (χ4n) is 2.79. The third kappa shape index (κ3) is 2.80. The van der Waals surface area contributed by atoms with Crippen LogP contribution in [0.4, 0.5) is 5.69 Å². The molecule has 4 rings (SSSR count). The zero-order valence-electron chi connectivity index (χ0n) is 13.4. The lowest BCUT2D eigenvalue weighted by Gasteiger charge is -2.09. The highest BCUT2D eigenvalue weighted by atomic mass is 16.1. The standard InChI is InChI=1S/C19H18N4O/c1-23-16(13-5-3-2-4-6-13)9-10-17(23)19(24)22-15-11-20-18(21-12-15)14-7-8-14/h2-6,9-12,14H,7-8H2,1H3,(H,22,24). The van der Waals surface area contributed by atoms with E-state index in [4.69, 9.17) is 0 Å². The Morgan fingerprint density at radius 2 is 1.79 bits per heavy atom. The minimum Gasteiger partial charge on any atom is -0.340 e. The van der Waals surface area contributed by atoms with Crippen molar-refractivity contribution in [1.29, 1.82) is 0 Å². The minimum atomic E-state index is -0.164. The highest BCUT2D eigenvalue weighted by Gasteiger charge is 2.26. The van der Waals surface area contributed by atoms with Gasteiger partial charge in [0.15, 0.2) is 0 Å². The summed E-state index contributed by atoms with van der Waals surface area (Å²) in [5.41, 5.74) is 3.30. The number of amides is 1. The molecule has 1 saturated carbocycles. The molecule has 120 valence electrons. The quantitative estimate of drug-likeness (QED) is 0.799. The summed E-state index contributed by atoms with van der Waals surface area (Å²) in [6.45, 7) is 0. The van der Waals surface area contributed by atoms with Gasteiger partial charge in [0.2, 0.25) is 0 Å². The molecule has 0 spiro atoms. The average molecular weight is 318 g/mol. The molecule has 1 amide bonds. The molecule has 2 aromatic heterocycles. The molecular formula is C19H18N4O. The van der Waals surface area contributed by atoms with E-state index in [-0.39, 0.29) is 5.91 Å². The van der Waals surface area contributed by atoms with Crippen LogP contribution in [0.5, 0.6) is 0 Å². The van der Waals surface area contributed by atoms with E-state index < -0.39 is 0 Å². The van der Waals surface area contributed by atoms with E-state index in [1.807, 2.05) is 54.1 Å². The van der Waals surface area contributed by atoms with E-state index in [2.05, 4.69) is 15.3 Å². The van der Waals surface area contributed by atoms with Gasteiger partial charge in [-0.1, -0.05) is 30.3 Å². The van der Waals surface area contributed by atoms with Gasteiger partial charge < -0.3 is 9.88 Å². The Hall–Kier alpha value is -2.95. The second-order valence-corrected chi connectivity index (χ2v) is 6.09. The van der Waals surface area contributed by atoms with Crippen LogP contribution < -0.4 is 5.32 Å². The van der Waals surface area contributed by atoms with Crippen LogP contribution in [0.3, 0.4) is 0 Å². The molecule has 2 heterocycles. The van der Waals surface area contributed by atoms with Crippen LogP contribution in [0.1, 0.15) is 35.1 Å². The summed E-state index contributed by atoms with van der Waals surface area (Å²) < 4.78 is 1.89. The van der Waals surface area contributed by atoms with Crippen molar-refractivity contribution >= 4 is 11.6 Å². The Kier molecular flexibility index (Phi) is 3.61. The van der Waals surface area contributed by atoms with Crippen LogP contribution in [0.2, 0.25) is 0 Å². The van der Waals surface area contributed by atoms with Gasteiger partial charge in [0.05, 0.1) is 18.1 Å². The smallest absolute Gasteiger partial charge is 0.272 e. The molecule has 5 nitrogen and oxygen atoms in total. The molecule has 1 fully saturated rings. The number of hydrogen-bond donors (Lipinski definition) is 1. The molecule has 1 aromatic carbocycles. The van der Waals surface area contributed by atoms with Crippen LogP contribution in [-0.2, 0) is 7.05 Å². The molecule has 5 heteroatoms. The van der Waals surface area contributed by atoms with Crippen LogP contribution in [0.25, 0.3) is 11.3 Å². The molecule has 0 atom stereocenters. The van der Waals surface area contributed by atoms with Crippen molar-refractivity contribution in [2.75, 3.05) is 5.32 Å². The van der Waals surface area contributed by atoms with Gasteiger partial charge in [0.25, 0.3) is 5.91 Å². The molecular weight excluding hydrogens is 300 g/mol. The first-order valence-electron chi connectivity index (χ1n) is 8.07. The monoisotopic (exact) mass is 318 g/mol. The third-order valence-electron chi connectivity index (χ3n) is 4.30. The van der Waals surface area contributed by atoms with Crippen LogP contribution in [-0.4, -0.2) is 20.4 Å². The Balaban J connectivity index is 1.53. The molecule has 3 aromatic rings. The zero-order chi connectivity index (χ0) is 16.5. The molecule has 1 aliphatic rings. The zero-order valence-corrected chi connectivity index (χ0v) is 13.4. The molecule has 0 saturated heterocycles. The maximum absolute atomic E-state index is 12.5. The summed E-state index contributed by atoms with van der Waals surface area (Å²) in [4.78, 5) is 21.2. The van der Waals surface area contributed by atoms with Crippen molar-refractivity contribution in [1.82, 2.24) is 14.5 Å². The van der Waals surface area contributed by atoms with Crippen molar-refractivity contribution in [3.05, 3.63) is 66.4 Å². The van der Waals surface area contributed by atoms with Crippen LogP contribution >= 0.6 is 0 Å². The number of aromatic nitrogens is 3.